The van der Waals surface area contributed by atoms with Crippen LogP contribution in [-0.2, 0) is 6.42 Å². The van der Waals surface area contributed by atoms with E-state index in [0.29, 0.717) is 12.6 Å². The van der Waals surface area contributed by atoms with Gasteiger partial charge in [-0.05, 0) is 31.5 Å². The molecule has 1 aromatic carbocycles. The molecule has 0 saturated carbocycles. The van der Waals surface area contributed by atoms with Crippen LogP contribution in [0.4, 0.5) is 0 Å². The minimum absolute atomic E-state index is 0.396. The number of benzene rings is 1. The maximum absolute atomic E-state index is 5.89. The van der Waals surface area contributed by atoms with Crippen molar-refractivity contribution in [2.75, 3.05) is 33.4 Å². The summed E-state index contributed by atoms with van der Waals surface area (Å²) in [4.78, 5) is 2.43. The van der Waals surface area contributed by atoms with Crippen molar-refractivity contribution in [2.24, 2.45) is 5.73 Å². The highest BCUT2D eigenvalue weighted by molar-refractivity contribution is 5.46. The standard InChI is InChI=1S/C15H24N2O2/c1-3-8-17(9-7-16)12-10-13-14(18-2)5-4-6-15(13)19-11-12/h4-6,12H,3,7-11,16H2,1-2H3/t12-/m1/s1. The summed E-state index contributed by atoms with van der Waals surface area (Å²) in [6.45, 7) is 5.61. The highest BCUT2D eigenvalue weighted by Gasteiger charge is 2.26. The molecule has 19 heavy (non-hydrogen) atoms. The molecule has 0 aliphatic carbocycles. The monoisotopic (exact) mass is 264 g/mol. The normalized spacial score (nSPS) is 18.0. The number of fused-ring (bicyclic) bond motifs is 1. The Kier molecular flexibility index (Phi) is 5.05. The predicted molar refractivity (Wildman–Crippen MR) is 76.9 cm³/mol. The van der Waals surface area contributed by atoms with Crippen LogP contribution in [0, 0.1) is 0 Å². The number of rotatable bonds is 6. The van der Waals surface area contributed by atoms with Crippen molar-refractivity contribution in [3.63, 3.8) is 0 Å². The van der Waals surface area contributed by atoms with Gasteiger partial charge in [0.15, 0.2) is 0 Å². The zero-order chi connectivity index (χ0) is 13.7. The molecule has 1 aromatic rings. The molecule has 1 heterocycles. The number of methoxy groups -OCH3 is 1. The molecule has 0 amide bonds. The number of ether oxygens (including phenoxy) is 2. The minimum Gasteiger partial charge on any atom is -0.496 e. The van der Waals surface area contributed by atoms with Crippen LogP contribution < -0.4 is 15.2 Å². The first-order valence-corrected chi connectivity index (χ1v) is 7.03. The van der Waals surface area contributed by atoms with E-state index >= 15 is 0 Å². The summed E-state index contributed by atoms with van der Waals surface area (Å²) >= 11 is 0. The molecule has 4 heteroatoms. The molecule has 0 fully saturated rings. The Morgan fingerprint density at radius 2 is 2.26 bits per heavy atom. The first-order valence-electron chi connectivity index (χ1n) is 7.03. The molecule has 1 aliphatic rings. The van der Waals surface area contributed by atoms with Crippen molar-refractivity contribution >= 4 is 0 Å². The van der Waals surface area contributed by atoms with E-state index in [9.17, 15) is 0 Å². The van der Waals surface area contributed by atoms with Crippen LogP contribution in [0.15, 0.2) is 18.2 Å². The van der Waals surface area contributed by atoms with E-state index in [2.05, 4.69) is 11.8 Å². The van der Waals surface area contributed by atoms with Crippen molar-refractivity contribution in [1.29, 1.82) is 0 Å². The van der Waals surface area contributed by atoms with Gasteiger partial charge in [0.1, 0.15) is 18.1 Å². The van der Waals surface area contributed by atoms with E-state index < -0.39 is 0 Å². The van der Waals surface area contributed by atoms with Crippen molar-refractivity contribution in [2.45, 2.75) is 25.8 Å². The van der Waals surface area contributed by atoms with E-state index in [1.54, 1.807) is 7.11 Å². The smallest absolute Gasteiger partial charge is 0.126 e. The average Bonchev–Trinajstić information content (AvgIpc) is 2.46. The van der Waals surface area contributed by atoms with Gasteiger partial charge >= 0.3 is 0 Å². The lowest BCUT2D eigenvalue weighted by atomic mass is 10.00. The zero-order valence-corrected chi connectivity index (χ0v) is 11.9. The van der Waals surface area contributed by atoms with E-state index in [1.807, 2.05) is 18.2 Å². The second-order valence-electron chi connectivity index (χ2n) is 4.93. The molecular formula is C15H24N2O2. The van der Waals surface area contributed by atoms with Crippen LogP contribution in [0.3, 0.4) is 0 Å². The third-order valence-electron chi connectivity index (χ3n) is 3.62. The number of nitrogens with zero attached hydrogens (tertiary/aromatic N) is 1. The highest BCUT2D eigenvalue weighted by atomic mass is 16.5. The molecule has 0 saturated heterocycles. The van der Waals surface area contributed by atoms with Gasteiger partial charge in [-0.2, -0.15) is 0 Å². The highest BCUT2D eigenvalue weighted by Crippen LogP contribution is 2.33. The average molecular weight is 264 g/mol. The molecule has 1 atom stereocenters. The Balaban J connectivity index is 2.15. The molecular weight excluding hydrogens is 240 g/mol. The fourth-order valence-corrected chi connectivity index (χ4v) is 2.72. The molecule has 0 unspecified atom stereocenters. The molecule has 2 N–H and O–H groups in total. The van der Waals surface area contributed by atoms with Crippen molar-refractivity contribution in [3.8, 4) is 11.5 Å². The summed E-state index contributed by atoms with van der Waals surface area (Å²) in [5, 5.41) is 0. The first kappa shape index (κ1) is 14.2. The largest absolute Gasteiger partial charge is 0.496 e. The second-order valence-corrected chi connectivity index (χ2v) is 4.93. The summed E-state index contributed by atoms with van der Waals surface area (Å²) in [6.07, 6.45) is 2.11. The maximum Gasteiger partial charge on any atom is 0.126 e. The van der Waals surface area contributed by atoms with E-state index in [-0.39, 0.29) is 0 Å². The topological polar surface area (TPSA) is 47.7 Å². The number of hydrogen-bond acceptors (Lipinski definition) is 4. The summed E-state index contributed by atoms with van der Waals surface area (Å²) < 4.78 is 11.3. The molecule has 1 aliphatic heterocycles. The van der Waals surface area contributed by atoms with Crippen LogP contribution in [0.2, 0.25) is 0 Å². The van der Waals surface area contributed by atoms with Gasteiger partial charge < -0.3 is 15.2 Å². The Labute approximate surface area is 115 Å². The van der Waals surface area contributed by atoms with Crippen molar-refractivity contribution in [1.82, 2.24) is 4.90 Å². The molecule has 0 spiro atoms. The van der Waals surface area contributed by atoms with Crippen molar-refractivity contribution in [3.05, 3.63) is 23.8 Å². The quantitative estimate of drug-likeness (QED) is 0.849. The Bertz CT molecular complexity index is 389. The van der Waals surface area contributed by atoms with Gasteiger partial charge in [0.05, 0.1) is 7.11 Å². The lowest BCUT2D eigenvalue weighted by Crippen LogP contribution is -2.45. The first-order chi connectivity index (χ1) is 9.30. The van der Waals surface area contributed by atoms with Gasteiger partial charge in [-0.25, -0.2) is 0 Å². The Morgan fingerprint density at radius 1 is 1.42 bits per heavy atom. The number of hydrogen-bond donors (Lipinski definition) is 1. The lowest BCUT2D eigenvalue weighted by Gasteiger charge is -2.35. The Morgan fingerprint density at radius 3 is 2.95 bits per heavy atom. The van der Waals surface area contributed by atoms with Crippen molar-refractivity contribution < 1.29 is 9.47 Å². The van der Waals surface area contributed by atoms with Crippen LogP contribution in [0.25, 0.3) is 0 Å². The van der Waals surface area contributed by atoms with Crippen LogP contribution in [0.1, 0.15) is 18.9 Å². The third-order valence-corrected chi connectivity index (χ3v) is 3.62. The van der Waals surface area contributed by atoms with Crippen LogP contribution >= 0.6 is 0 Å². The van der Waals surface area contributed by atoms with Crippen LogP contribution in [0.5, 0.6) is 11.5 Å². The summed E-state index contributed by atoms with van der Waals surface area (Å²) in [5.74, 6) is 1.88. The fourth-order valence-electron chi connectivity index (χ4n) is 2.72. The van der Waals surface area contributed by atoms with E-state index in [1.165, 1.54) is 5.56 Å². The SMILES string of the molecule is CCCN(CCN)[C@H]1COc2cccc(OC)c2C1. The van der Waals surface area contributed by atoms with Gasteiger partial charge in [0.25, 0.3) is 0 Å². The minimum atomic E-state index is 0.396. The Hall–Kier alpha value is -1.26. The molecule has 2 rings (SSSR count). The molecule has 0 radical (unpaired) electrons. The molecule has 0 aromatic heterocycles. The van der Waals surface area contributed by atoms with Gasteiger partial charge in [0, 0.05) is 24.7 Å². The summed E-state index contributed by atoms with van der Waals surface area (Å²) in [5.41, 5.74) is 6.89. The number of nitrogens with two attached hydrogens (primary N) is 1. The molecule has 106 valence electrons. The molecule has 4 nitrogen and oxygen atoms in total. The molecule has 0 bridgehead atoms. The van der Waals surface area contributed by atoms with Gasteiger partial charge in [-0.1, -0.05) is 13.0 Å². The third kappa shape index (κ3) is 3.19. The zero-order valence-electron chi connectivity index (χ0n) is 11.9. The fraction of sp³-hybridized carbons (Fsp3) is 0.600. The van der Waals surface area contributed by atoms with Gasteiger partial charge in [-0.3, -0.25) is 4.90 Å². The summed E-state index contributed by atoms with van der Waals surface area (Å²) in [7, 11) is 1.71. The van der Waals surface area contributed by atoms with E-state index in [0.717, 1.165) is 44.0 Å². The maximum atomic E-state index is 5.89. The van der Waals surface area contributed by atoms with Gasteiger partial charge in [0.2, 0.25) is 0 Å². The van der Waals surface area contributed by atoms with Crippen LogP contribution in [-0.4, -0.2) is 44.3 Å². The predicted octanol–water partition coefficient (Wildman–Crippen LogP) is 1.67. The van der Waals surface area contributed by atoms with E-state index in [4.69, 9.17) is 15.2 Å². The summed E-state index contributed by atoms with van der Waals surface area (Å²) in [6, 6.07) is 6.38. The second kappa shape index (κ2) is 6.78. The lowest BCUT2D eigenvalue weighted by molar-refractivity contribution is 0.120. The van der Waals surface area contributed by atoms with Gasteiger partial charge in [-0.15, -0.1) is 0 Å².